The van der Waals surface area contributed by atoms with Crippen LogP contribution in [0.5, 0.6) is 5.75 Å². The van der Waals surface area contributed by atoms with Crippen molar-refractivity contribution >= 4 is 28.2 Å². The number of amides is 1. The summed E-state index contributed by atoms with van der Waals surface area (Å²) in [5.74, 6) is 1.20. The largest absolute Gasteiger partial charge is 0.493 e. The molecule has 0 atom stereocenters. The third-order valence-corrected chi connectivity index (χ3v) is 3.86. The van der Waals surface area contributed by atoms with Crippen molar-refractivity contribution in [3.8, 4) is 5.75 Å². The number of hydrogen-bond donors (Lipinski definition) is 1. The van der Waals surface area contributed by atoms with E-state index in [1.54, 1.807) is 6.20 Å². The van der Waals surface area contributed by atoms with Crippen LogP contribution in [-0.2, 0) is 0 Å². The lowest BCUT2D eigenvalue weighted by atomic mass is 10.1. The van der Waals surface area contributed by atoms with Gasteiger partial charge in [-0.05, 0) is 42.0 Å². The predicted octanol–water partition coefficient (Wildman–Crippen LogP) is 3.95. The van der Waals surface area contributed by atoms with E-state index >= 15 is 0 Å². The van der Waals surface area contributed by atoms with Gasteiger partial charge in [-0.3, -0.25) is 4.79 Å². The first-order valence-electron chi connectivity index (χ1n) is 8.19. The summed E-state index contributed by atoms with van der Waals surface area (Å²) in [4.78, 5) is 19.0. The molecular formula is C20H21N3O2. The quantitative estimate of drug-likeness (QED) is 0.767. The van der Waals surface area contributed by atoms with Crippen molar-refractivity contribution in [3.05, 3.63) is 60.3 Å². The van der Waals surface area contributed by atoms with Crippen LogP contribution in [0.1, 0.15) is 17.3 Å². The molecule has 128 valence electrons. The fourth-order valence-electron chi connectivity index (χ4n) is 2.59. The van der Waals surface area contributed by atoms with Crippen molar-refractivity contribution in [2.75, 3.05) is 30.9 Å². The molecular weight excluding hydrogens is 314 g/mol. The number of benzene rings is 2. The molecule has 3 rings (SSSR count). The van der Waals surface area contributed by atoms with Gasteiger partial charge in [0.05, 0.1) is 24.1 Å². The number of rotatable bonds is 5. The van der Waals surface area contributed by atoms with Gasteiger partial charge in [0.1, 0.15) is 11.6 Å². The summed E-state index contributed by atoms with van der Waals surface area (Å²) in [6.45, 7) is 2.40. The summed E-state index contributed by atoms with van der Waals surface area (Å²) in [6, 6.07) is 15.4. The zero-order valence-electron chi connectivity index (χ0n) is 14.6. The maximum absolute atomic E-state index is 12.7. The summed E-state index contributed by atoms with van der Waals surface area (Å²) in [5, 5.41) is 4.93. The van der Waals surface area contributed by atoms with Gasteiger partial charge in [0.15, 0.2) is 0 Å². The molecule has 1 N–H and O–H groups in total. The van der Waals surface area contributed by atoms with Gasteiger partial charge in [-0.1, -0.05) is 24.3 Å². The van der Waals surface area contributed by atoms with Crippen LogP contribution in [-0.4, -0.2) is 31.6 Å². The first-order valence-corrected chi connectivity index (χ1v) is 8.19. The maximum Gasteiger partial charge on any atom is 0.259 e. The number of carbonyl (C=O) groups excluding carboxylic acids is 1. The molecule has 0 aliphatic rings. The third kappa shape index (κ3) is 3.71. The normalized spacial score (nSPS) is 10.5. The fourth-order valence-corrected chi connectivity index (χ4v) is 2.59. The predicted molar refractivity (Wildman–Crippen MR) is 102 cm³/mol. The Morgan fingerprint density at radius 3 is 2.44 bits per heavy atom. The Bertz CT molecular complexity index is 889. The van der Waals surface area contributed by atoms with Gasteiger partial charge in [0.2, 0.25) is 0 Å². The van der Waals surface area contributed by atoms with Crippen molar-refractivity contribution in [1.29, 1.82) is 0 Å². The number of hydrogen-bond acceptors (Lipinski definition) is 4. The Balaban J connectivity index is 1.91. The second-order valence-corrected chi connectivity index (χ2v) is 5.88. The zero-order chi connectivity index (χ0) is 17.8. The highest BCUT2D eigenvalue weighted by molar-refractivity contribution is 6.08. The smallest absolute Gasteiger partial charge is 0.259 e. The average molecular weight is 335 g/mol. The molecule has 0 saturated heterocycles. The van der Waals surface area contributed by atoms with Crippen LogP contribution in [0.2, 0.25) is 0 Å². The molecule has 1 heterocycles. The highest BCUT2D eigenvalue weighted by Gasteiger charge is 2.14. The van der Waals surface area contributed by atoms with E-state index in [1.165, 1.54) is 0 Å². The number of carbonyl (C=O) groups is 1. The summed E-state index contributed by atoms with van der Waals surface area (Å²) in [7, 11) is 3.84. The van der Waals surface area contributed by atoms with Gasteiger partial charge < -0.3 is 15.0 Å². The molecule has 2 aromatic carbocycles. The monoisotopic (exact) mass is 335 g/mol. The second-order valence-electron chi connectivity index (χ2n) is 5.88. The van der Waals surface area contributed by atoms with Gasteiger partial charge in [-0.2, -0.15) is 0 Å². The Labute approximate surface area is 147 Å². The standard InChI is InChI=1S/C20H21N3O2/c1-4-25-18-12-15-8-6-5-7-14(15)11-17(18)20(24)22-16-9-10-19(21-13-16)23(2)3/h5-13H,4H2,1-3H3,(H,22,24). The number of anilines is 2. The second kappa shape index (κ2) is 7.21. The Morgan fingerprint density at radius 2 is 1.84 bits per heavy atom. The lowest BCUT2D eigenvalue weighted by Gasteiger charge is -2.14. The van der Waals surface area contributed by atoms with Crippen molar-refractivity contribution < 1.29 is 9.53 Å². The minimum atomic E-state index is -0.214. The Morgan fingerprint density at radius 1 is 1.12 bits per heavy atom. The van der Waals surface area contributed by atoms with Crippen molar-refractivity contribution in [1.82, 2.24) is 4.98 Å². The van der Waals surface area contributed by atoms with E-state index in [0.717, 1.165) is 16.6 Å². The summed E-state index contributed by atoms with van der Waals surface area (Å²) in [6.07, 6.45) is 1.65. The molecule has 1 aromatic heterocycles. The number of nitrogens with zero attached hydrogens (tertiary/aromatic N) is 2. The topological polar surface area (TPSA) is 54.5 Å². The van der Waals surface area contributed by atoms with Gasteiger partial charge in [0, 0.05) is 14.1 Å². The summed E-state index contributed by atoms with van der Waals surface area (Å²) in [5.41, 5.74) is 1.16. The highest BCUT2D eigenvalue weighted by Crippen LogP contribution is 2.27. The van der Waals surface area contributed by atoms with Crippen LogP contribution in [0.3, 0.4) is 0 Å². The van der Waals surface area contributed by atoms with Crippen LogP contribution in [0.15, 0.2) is 54.7 Å². The van der Waals surface area contributed by atoms with E-state index in [-0.39, 0.29) is 5.91 Å². The first kappa shape index (κ1) is 16.8. The Hall–Kier alpha value is -3.08. The molecule has 0 aliphatic carbocycles. The molecule has 0 saturated carbocycles. The van der Waals surface area contributed by atoms with Crippen molar-refractivity contribution in [3.63, 3.8) is 0 Å². The SMILES string of the molecule is CCOc1cc2ccccc2cc1C(=O)Nc1ccc(N(C)C)nc1. The molecule has 0 fully saturated rings. The molecule has 0 radical (unpaired) electrons. The first-order chi connectivity index (χ1) is 12.1. The molecule has 0 bridgehead atoms. The molecule has 5 nitrogen and oxygen atoms in total. The van der Waals surface area contributed by atoms with E-state index in [9.17, 15) is 4.79 Å². The third-order valence-electron chi connectivity index (χ3n) is 3.86. The van der Waals surface area contributed by atoms with Gasteiger partial charge in [0.25, 0.3) is 5.91 Å². The molecule has 0 aliphatic heterocycles. The number of fused-ring (bicyclic) bond motifs is 1. The van der Waals surface area contributed by atoms with E-state index in [1.807, 2.05) is 74.4 Å². The van der Waals surface area contributed by atoms with Crippen LogP contribution in [0, 0.1) is 0 Å². The minimum absolute atomic E-state index is 0.214. The minimum Gasteiger partial charge on any atom is -0.493 e. The van der Waals surface area contributed by atoms with Crippen LogP contribution in [0.4, 0.5) is 11.5 Å². The lowest BCUT2D eigenvalue weighted by Crippen LogP contribution is -2.15. The van der Waals surface area contributed by atoms with Gasteiger partial charge in [-0.25, -0.2) is 4.98 Å². The average Bonchev–Trinajstić information content (AvgIpc) is 2.62. The molecule has 5 heteroatoms. The highest BCUT2D eigenvalue weighted by atomic mass is 16.5. The molecule has 3 aromatic rings. The van der Waals surface area contributed by atoms with Gasteiger partial charge in [-0.15, -0.1) is 0 Å². The van der Waals surface area contributed by atoms with E-state index < -0.39 is 0 Å². The van der Waals surface area contributed by atoms with Crippen LogP contribution >= 0.6 is 0 Å². The molecule has 0 spiro atoms. The van der Waals surface area contributed by atoms with Crippen LogP contribution < -0.4 is 15.0 Å². The number of aromatic nitrogens is 1. The van der Waals surface area contributed by atoms with Crippen molar-refractivity contribution in [2.45, 2.75) is 6.92 Å². The number of pyridine rings is 1. The molecule has 1 amide bonds. The fraction of sp³-hybridized carbons (Fsp3) is 0.200. The summed E-state index contributed by atoms with van der Waals surface area (Å²) < 4.78 is 5.67. The summed E-state index contributed by atoms with van der Waals surface area (Å²) >= 11 is 0. The maximum atomic E-state index is 12.7. The zero-order valence-corrected chi connectivity index (χ0v) is 14.6. The number of ether oxygens (including phenoxy) is 1. The van der Waals surface area contributed by atoms with E-state index in [2.05, 4.69) is 10.3 Å². The van der Waals surface area contributed by atoms with E-state index in [0.29, 0.717) is 23.6 Å². The van der Waals surface area contributed by atoms with Gasteiger partial charge >= 0.3 is 0 Å². The molecule has 25 heavy (non-hydrogen) atoms. The molecule has 0 unspecified atom stereocenters. The van der Waals surface area contributed by atoms with Crippen molar-refractivity contribution in [2.24, 2.45) is 0 Å². The van der Waals surface area contributed by atoms with Crippen LogP contribution in [0.25, 0.3) is 10.8 Å². The number of nitrogens with one attached hydrogen (secondary N) is 1. The Kier molecular flexibility index (Phi) is 4.84. The lowest BCUT2D eigenvalue weighted by molar-refractivity contribution is 0.102. The van der Waals surface area contributed by atoms with E-state index in [4.69, 9.17) is 4.74 Å².